The Morgan fingerprint density at radius 3 is 2.62 bits per heavy atom. The van der Waals surface area contributed by atoms with Gasteiger partial charge in [-0.15, -0.1) is 0 Å². The van der Waals surface area contributed by atoms with Gasteiger partial charge < -0.3 is 14.7 Å². The molecule has 3 aromatic carbocycles. The summed E-state index contributed by atoms with van der Waals surface area (Å²) in [5, 5.41) is 10.4. The maximum Gasteiger partial charge on any atom is 0.249 e. The summed E-state index contributed by atoms with van der Waals surface area (Å²) in [5.74, 6) is -0.672. The van der Waals surface area contributed by atoms with E-state index in [2.05, 4.69) is 0 Å². The minimum atomic E-state index is -0.552. The molecule has 0 spiro atoms. The molecule has 1 amide bonds. The summed E-state index contributed by atoms with van der Waals surface area (Å²) in [6.45, 7) is 0.738. The molecule has 0 radical (unpaired) electrons. The van der Waals surface area contributed by atoms with Gasteiger partial charge >= 0.3 is 0 Å². The summed E-state index contributed by atoms with van der Waals surface area (Å²) in [6.07, 6.45) is 0.702. The number of rotatable bonds is 5. The van der Waals surface area contributed by atoms with E-state index in [9.17, 15) is 14.3 Å². The molecule has 1 heterocycles. The smallest absolute Gasteiger partial charge is 0.249 e. The van der Waals surface area contributed by atoms with Crippen LogP contribution in [0.25, 0.3) is 0 Å². The summed E-state index contributed by atoms with van der Waals surface area (Å²) in [5.41, 5.74) is 3.36. The largest absolute Gasteiger partial charge is 0.508 e. The van der Waals surface area contributed by atoms with Crippen molar-refractivity contribution >= 4 is 5.91 Å². The number of phenols is 1. The van der Waals surface area contributed by atoms with Gasteiger partial charge in [0.1, 0.15) is 18.2 Å². The summed E-state index contributed by atoms with van der Waals surface area (Å²) < 4.78 is 19.6. The predicted octanol–water partition coefficient (Wildman–Crippen LogP) is 4.22. The fourth-order valence-corrected chi connectivity index (χ4v) is 3.83. The first-order chi connectivity index (χ1) is 14.1. The lowest BCUT2D eigenvalue weighted by Crippen LogP contribution is -2.42. The van der Waals surface area contributed by atoms with Crippen molar-refractivity contribution in [2.75, 3.05) is 13.2 Å². The van der Waals surface area contributed by atoms with Gasteiger partial charge in [0.05, 0.1) is 12.6 Å². The number of hydrogen-bond donors (Lipinski definition) is 1. The molecule has 0 fully saturated rings. The molecule has 0 aliphatic carbocycles. The molecule has 0 bridgehead atoms. The second-order valence-electron chi connectivity index (χ2n) is 7.12. The van der Waals surface area contributed by atoms with E-state index in [1.165, 1.54) is 18.2 Å². The van der Waals surface area contributed by atoms with Crippen molar-refractivity contribution < 1.29 is 19.0 Å². The monoisotopic (exact) mass is 391 g/mol. The van der Waals surface area contributed by atoms with Gasteiger partial charge in [-0.1, -0.05) is 54.6 Å². The van der Waals surface area contributed by atoms with Crippen LogP contribution in [0.1, 0.15) is 28.3 Å². The van der Waals surface area contributed by atoms with E-state index in [0.29, 0.717) is 25.1 Å². The Hall–Kier alpha value is -3.18. The van der Waals surface area contributed by atoms with Gasteiger partial charge in [0, 0.05) is 12.1 Å². The van der Waals surface area contributed by atoms with Gasteiger partial charge in [-0.05, 0) is 41.3 Å². The number of amides is 1. The SMILES string of the molecule is O=C(COCc1ccccc1)N1CCc2ccccc2C1c1cc(F)ccc1O. The number of carbonyl (C=O) groups excluding carboxylic acids is 1. The van der Waals surface area contributed by atoms with Gasteiger partial charge in [-0.3, -0.25) is 4.79 Å². The minimum absolute atomic E-state index is 0.0314. The molecule has 4 rings (SSSR count). The fourth-order valence-electron chi connectivity index (χ4n) is 3.83. The Balaban J connectivity index is 1.59. The molecule has 1 unspecified atom stereocenters. The summed E-state index contributed by atoms with van der Waals surface area (Å²) in [6, 6.07) is 20.7. The van der Waals surface area contributed by atoms with Crippen LogP contribution in [0.5, 0.6) is 5.75 Å². The number of benzene rings is 3. The number of hydrogen-bond acceptors (Lipinski definition) is 3. The Labute approximate surface area is 169 Å². The van der Waals surface area contributed by atoms with Crippen molar-refractivity contribution in [3.8, 4) is 5.75 Å². The first-order valence-corrected chi connectivity index (χ1v) is 9.61. The second kappa shape index (κ2) is 8.45. The van der Waals surface area contributed by atoms with Crippen LogP contribution in [0.3, 0.4) is 0 Å². The highest BCUT2D eigenvalue weighted by atomic mass is 19.1. The van der Waals surface area contributed by atoms with Crippen molar-refractivity contribution in [3.05, 3.63) is 101 Å². The van der Waals surface area contributed by atoms with E-state index in [1.807, 2.05) is 54.6 Å². The fraction of sp³-hybridized carbons (Fsp3) is 0.208. The lowest BCUT2D eigenvalue weighted by Gasteiger charge is -2.38. The van der Waals surface area contributed by atoms with E-state index in [1.54, 1.807) is 4.90 Å². The lowest BCUT2D eigenvalue weighted by molar-refractivity contribution is -0.138. The van der Waals surface area contributed by atoms with Gasteiger partial charge in [0.25, 0.3) is 0 Å². The number of nitrogens with zero attached hydrogens (tertiary/aromatic N) is 1. The Kier molecular flexibility index (Phi) is 5.58. The van der Waals surface area contributed by atoms with E-state index >= 15 is 0 Å². The zero-order valence-corrected chi connectivity index (χ0v) is 15.9. The zero-order valence-electron chi connectivity index (χ0n) is 15.9. The molecule has 0 saturated carbocycles. The summed E-state index contributed by atoms with van der Waals surface area (Å²) in [4.78, 5) is 14.7. The minimum Gasteiger partial charge on any atom is -0.508 e. The van der Waals surface area contributed by atoms with Crippen LogP contribution >= 0.6 is 0 Å². The molecule has 0 aromatic heterocycles. The molecular formula is C24H22FNO3. The number of carbonyl (C=O) groups is 1. The topological polar surface area (TPSA) is 49.8 Å². The van der Waals surface area contributed by atoms with Crippen LogP contribution in [0, 0.1) is 5.82 Å². The Morgan fingerprint density at radius 2 is 1.79 bits per heavy atom. The molecule has 5 heteroatoms. The van der Waals surface area contributed by atoms with Gasteiger partial charge in [-0.2, -0.15) is 0 Å². The predicted molar refractivity (Wildman–Crippen MR) is 108 cm³/mol. The molecule has 3 aromatic rings. The van der Waals surface area contributed by atoms with Gasteiger partial charge in [-0.25, -0.2) is 4.39 Å². The van der Waals surface area contributed by atoms with Crippen LogP contribution in [0.2, 0.25) is 0 Å². The third kappa shape index (κ3) is 4.15. The highest BCUT2D eigenvalue weighted by Crippen LogP contribution is 2.39. The molecule has 1 aliphatic heterocycles. The number of aromatic hydroxyl groups is 1. The number of halogens is 1. The molecule has 148 valence electrons. The highest BCUT2D eigenvalue weighted by Gasteiger charge is 2.33. The van der Waals surface area contributed by atoms with Crippen molar-refractivity contribution in [2.45, 2.75) is 19.1 Å². The number of fused-ring (bicyclic) bond motifs is 1. The van der Waals surface area contributed by atoms with E-state index in [0.717, 1.165) is 16.7 Å². The first kappa shape index (κ1) is 19.2. The van der Waals surface area contributed by atoms with Crippen molar-refractivity contribution in [3.63, 3.8) is 0 Å². The standard InChI is InChI=1S/C24H22FNO3/c25-19-10-11-22(27)21(14-19)24-20-9-5-4-8-18(20)12-13-26(24)23(28)16-29-15-17-6-2-1-3-7-17/h1-11,14,24,27H,12-13,15-16H2. The normalized spacial score (nSPS) is 15.8. The second-order valence-corrected chi connectivity index (χ2v) is 7.12. The van der Waals surface area contributed by atoms with Gasteiger partial charge in [0.15, 0.2) is 0 Å². The van der Waals surface area contributed by atoms with E-state index in [4.69, 9.17) is 4.74 Å². The molecule has 1 atom stereocenters. The third-order valence-corrected chi connectivity index (χ3v) is 5.23. The first-order valence-electron chi connectivity index (χ1n) is 9.61. The quantitative estimate of drug-likeness (QED) is 0.708. The molecular weight excluding hydrogens is 369 g/mol. The molecule has 1 aliphatic rings. The maximum absolute atomic E-state index is 14.0. The van der Waals surface area contributed by atoms with Crippen molar-refractivity contribution in [1.29, 1.82) is 0 Å². The van der Waals surface area contributed by atoms with Crippen molar-refractivity contribution in [2.24, 2.45) is 0 Å². The maximum atomic E-state index is 14.0. The molecule has 0 saturated heterocycles. The molecule has 29 heavy (non-hydrogen) atoms. The van der Waals surface area contributed by atoms with Gasteiger partial charge in [0.2, 0.25) is 5.91 Å². The summed E-state index contributed by atoms with van der Waals surface area (Å²) >= 11 is 0. The number of phenolic OH excluding ortho intramolecular Hbond substituents is 1. The van der Waals surface area contributed by atoms with E-state index in [-0.39, 0.29) is 18.3 Å². The van der Waals surface area contributed by atoms with Crippen molar-refractivity contribution in [1.82, 2.24) is 4.90 Å². The van der Waals surface area contributed by atoms with E-state index < -0.39 is 11.9 Å². The highest BCUT2D eigenvalue weighted by molar-refractivity contribution is 5.79. The lowest BCUT2D eigenvalue weighted by atomic mass is 9.87. The molecule has 1 N–H and O–H groups in total. The number of ether oxygens (including phenoxy) is 1. The van der Waals surface area contributed by atoms with Crippen LogP contribution in [-0.2, 0) is 22.6 Å². The third-order valence-electron chi connectivity index (χ3n) is 5.23. The summed E-state index contributed by atoms with van der Waals surface area (Å²) in [7, 11) is 0. The van der Waals surface area contributed by atoms with Crippen LogP contribution in [0.4, 0.5) is 4.39 Å². The Bertz CT molecular complexity index is 1010. The van der Waals surface area contributed by atoms with Crippen LogP contribution in [-0.4, -0.2) is 29.1 Å². The van der Waals surface area contributed by atoms with Crippen LogP contribution in [0.15, 0.2) is 72.8 Å². The Morgan fingerprint density at radius 1 is 1.03 bits per heavy atom. The average Bonchev–Trinajstić information content (AvgIpc) is 2.75. The van der Waals surface area contributed by atoms with Crippen LogP contribution < -0.4 is 0 Å². The average molecular weight is 391 g/mol. The molecule has 4 nitrogen and oxygen atoms in total. The zero-order chi connectivity index (χ0) is 20.2.